The number of carbonyl (C=O) groups excluding carboxylic acids is 3. The predicted molar refractivity (Wildman–Crippen MR) is 80.0 cm³/mol. The fourth-order valence-corrected chi connectivity index (χ4v) is 3.21. The smallest absolute Gasteiger partial charge is 0.339 e. The van der Waals surface area contributed by atoms with Gasteiger partial charge in [0.2, 0.25) is 0 Å². The molecule has 0 spiro atoms. The molecule has 0 radical (unpaired) electrons. The number of amides is 3. The van der Waals surface area contributed by atoms with E-state index in [1.165, 1.54) is 4.90 Å². The summed E-state index contributed by atoms with van der Waals surface area (Å²) in [6.07, 6.45) is 2.20. The maximum absolute atomic E-state index is 14.3. The van der Waals surface area contributed by atoms with Gasteiger partial charge >= 0.3 is 12.0 Å². The third-order valence-electron chi connectivity index (χ3n) is 4.13. The minimum Gasteiger partial charge on any atom is -0.465 e. The molecule has 2 aliphatic rings. The highest BCUT2D eigenvalue weighted by Gasteiger charge is 2.47. The second kappa shape index (κ2) is 5.81. The number of halogens is 2. The number of carbonyl (C=O) groups is 3. The molecule has 0 bridgehead atoms. The van der Waals surface area contributed by atoms with Gasteiger partial charge in [0.25, 0.3) is 5.91 Å². The van der Waals surface area contributed by atoms with Crippen molar-refractivity contribution in [2.45, 2.75) is 25.3 Å². The van der Waals surface area contributed by atoms with Crippen molar-refractivity contribution in [3.05, 3.63) is 28.5 Å². The molecule has 2 saturated heterocycles. The Balaban J connectivity index is 2.06. The maximum Gasteiger partial charge on any atom is 0.339 e. The van der Waals surface area contributed by atoms with Gasteiger partial charge in [-0.15, -0.1) is 0 Å². The van der Waals surface area contributed by atoms with Crippen LogP contribution in [0.15, 0.2) is 12.1 Å². The Morgan fingerprint density at radius 3 is 2.74 bits per heavy atom. The van der Waals surface area contributed by atoms with Crippen LogP contribution in [0.5, 0.6) is 0 Å². The molecule has 0 aromatic heterocycles. The number of imide groups is 1. The van der Waals surface area contributed by atoms with E-state index in [1.807, 2.05) is 0 Å². The van der Waals surface area contributed by atoms with Crippen molar-refractivity contribution in [1.29, 1.82) is 0 Å². The highest BCUT2D eigenvalue weighted by Crippen LogP contribution is 2.34. The van der Waals surface area contributed by atoms with Crippen LogP contribution < -0.4 is 4.90 Å². The van der Waals surface area contributed by atoms with E-state index >= 15 is 0 Å². The lowest BCUT2D eigenvalue weighted by molar-refractivity contribution is -0.120. The Morgan fingerprint density at radius 1 is 1.35 bits per heavy atom. The monoisotopic (exact) mass is 340 g/mol. The van der Waals surface area contributed by atoms with E-state index < -0.39 is 29.8 Å². The normalized spacial score (nSPS) is 20.7. The van der Waals surface area contributed by atoms with Crippen molar-refractivity contribution in [2.24, 2.45) is 0 Å². The minimum atomic E-state index is -0.843. The Labute approximate surface area is 136 Å². The van der Waals surface area contributed by atoms with Crippen molar-refractivity contribution in [3.63, 3.8) is 0 Å². The van der Waals surface area contributed by atoms with E-state index in [0.717, 1.165) is 37.0 Å². The van der Waals surface area contributed by atoms with Crippen molar-refractivity contribution >= 4 is 35.2 Å². The summed E-state index contributed by atoms with van der Waals surface area (Å²) in [4.78, 5) is 38.9. The molecule has 23 heavy (non-hydrogen) atoms. The molecule has 2 fully saturated rings. The molecule has 2 heterocycles. The second-order valence-electron chi connectivity index (χ2n) is 5.44. The van der Waals surface area contributed by atoms with Crippen LogP contribution in [-0.2, 0) is 9.53 Å². The maximum atomic E-state index is 14.3. The van der Waals surface area contributed by atoms with Crippen LogP contribution in [0.25, 0.3) is 0 Å². The van der Waals surface area contributed by atoms with Gasteiger partial charge in [-0.05, 0) is 31.4 Å². The van der Waals surface area contributed by atoms with Gasteiger partial charge in [-0.25, -0.2) is 18.9 Å². The van der Waals surface area contributed by atoms with Gasteiger partial charge in [0.1, 0.15) is 11.9 Å². The molecule has 0 aliphatic carbocycles. The van der Waals surface area contributed by atoms with E-state index in [-0.39, 0.29) is 16.3 Å². The number of nitrogens with zero attached hydrogens (tertiary/aromatic N) is 2. The molecule has 1 aromatic rings. The summed E-state index contributed by atoms with van der Waals surface area (Å²) in [6.45, 7) is 0.463. The first-order chi connectivity index (χ1) is 11.0. The summed E-state index contributed by atoms with van der Waals surface area (Å²) >= 11 is 5.84. The van der Waals surface area contributed by atoms with E-state index in [0.29, 0.717) is 13.0 Å². The van der Waals surface area contributed by atoms with Crippen molar-refractivity contribution in [2.75, 3.05) is 18.6 Å². The number of urea groups is 1. The SMILES string of the molecule is COC(=O)c1cc(N2C(=O)C3CCCCN3C2=O)c(F)cc1Cl. The van der Waals surface area contributed by atoms with Gasteiger partial charge in [-0.2, -0.15) is 0 Å². The number of methoxy groups -OCH3 is 1. The van der Waals surface area contributed by atoms with Gasteiger partial charge in [0, 0.05) is 6.54 Å². The molecule has 0 saturated carbocycles. The third kappa shape index (κ3) is 2.45. The number of benzene rings is 1. The lowest BCUT2D eigenvalue weighted by atomic mass is 10.0. The molecular weight excluding hydrogens is 327 g/mol. The summed E-state index contributed by atoms with van der Waals surface area (Å²) in [5.74, 6) is -2.09. The summed E-state index contributed by atoms with van der Waals surface area (Å²) in [7, 11) is 1.16. The largest absolute Gasteiger partial charge is 0.465 e. The fraction of sp³-hybridized carbons (Fsp3) is 0.400. The van der Waals surface area contributed by atoms with Crippen LogP contribution in [0.4, 0.5) is 14.9 Å². The zero-order valence-electron chi connectivity index (χ0n) is 12.3. The number of fused-ring (bicyclic) bond motifs is 1. The number of esters is 1. The average Bonchev–Trinajstić information content (AvgIpc) is 2.79. The number of piperidine rings is 1. The number of rotatable bonds is 2. The van der Waals surface area contributed by atoms with Crippen molar-refractivity contribution < 1.29 is 23.5 Å². The quantitative estimate of drug-likeness (QED) is 0.613. The van der Waals surface area contributed by atoms with E-state index in [1.54, 1.807) is 0 Å². The standard InChI is InChI=1S/C15H14ClFN2O4/c1-23-14(21)8-6-12(10(17)7-9(8)16)19-13(20)11-4-2-3-5-18(11)15(19)22/h6-7,11H,2-5H2,1H3. The van der Waals surface area contributed by atoms with Crippen LogP contribution >= 0.6 is 11.6 Å². The molecule has 8 heteroatoms. The lowest BCUT2D eigenvalue weighted by Gasteiger charge is -2.25. The Hall–Kier alpha value is -2.15. The van der Waals surface area contributed by atoms with E-state index in [2.05, 4.69) is 4.74 Å². The average molecular weight is 341 g/mol. The first kappa shape index (κ1) is 15.7. The summed E-state index contributed by atoms with van der Waals surface area (Å²) < 4.78 is 18.9. The van der Waals surface area contributed by atoms with Crippen LogP contribution in [0.3, 0.4) is 0 Å². The Morgan fingerprint density at radius 2 is 2.09 bits per heavy atom. The molecule has 122 valence electrons. The van der Waals surface area contributed by atoms with Crippen LogP contribution in [0.2, 0.25) is 5.02 Å². The van der Waals surface area contributed by atoms with Gasteiger partial charge in [-0.1, -0.05) is 11.6 Å². The molecule has 3 rings (SSSR count). The molecule has 0 N–H and O–H groups in total. The van der Waals surface area contributed by atoms with Gasteiger partial charge in [0.05, 0.1) is 23.4 Å². The molecule has 6 nitrogen and oxygen atoms in total. The molecule has 3 amide bonds. The fourth-order valence-electron chi connectivity index (χ4n) is 2.99. The highest BCUT2D eigenvalue weighted by atomic mass is 35.5. The number of anilines is 1. The van der Waals surface area contributed by atoms with Crippen LogP contribution in [0.1, 0.15) is 29.6 Å². The van der Waals surface area contributed by atoms with Crippen molar-refractivity contribution in [1.82, 2.24) is 4.90 Å². The predicted octanol–water partition coefficient (Wildman–Crippen LogP) is 2.59. The number of hydrogen-bond donors (Lipinski definition) is 0. The summed E-state index contributed by atoms with van der Waals surface area (Å²) in [5.41, 5.74) is -0.379. The Kier molecular flexibility index (Phi) is 3.97. The molecule has 1 aromatic carbocycles. The molecule has 1 atom stereocenters. The highest BCUT2D eigenvalue weighted by molar-refractivity contribution is 6.34. The first-order valence-electron chi connectivity index (χ1n) is 7.17. The van der Waals surface area contributed by atoms with Crippen molar-refractivity contribution in [3.8, 4) is 0 Å². The number of ether oxygens (including phenoxy) is 1. The molecule has 2 aliphatic heterocycles. The second-order valence-corrected chi connectivity index (χ2v) is 5.84. The first-order valence-corrected chi connectivity index (χ1v) is 7.55. The van der Waals surface area contributed by atoms with Gasteiger partial charge in [-0.3, -0.25) is 4.79 Å². The number of hydrogen-bond acceptors (Lipinski definition) is 4. The van der Waals surface area contributed by atoms with E-state index in [9.17, 15) is 18.8 Å². The zero-order chi connectivity index (χ0) is 16.7. The summed E-state index contributed by atoms with van der Waals surface area (Å²) in [5, 5.41) is -0.144. The third-order valence-corrected chi connectivity index (χ3v) is 4.44. The lowest BCUT2D eigenvalue weighted by Crippen LogP contribution is -2.39. The summed E-state index contributed by atoms with van der Waals surface area (Å²) in [6, 6.07) is 0.850. The van der Waals surface area contributed by atoms with Crippen LogP contribution in [0, 0.1) is 5.82 Å². The Bertz CT molecular complexity index is 685. The topological polar surface area (TPSA) is 66.9 Å². The van der Waals surface area contributed by atoms with E-state index in [4.69, 9.17) is 11.6 Å². The van der Waals surface area contributed by atoms with Crippen LogP contribution in [-0.4, -0.2) is 42.5 Å². The molecule has 1 unspecified atom stereocenters. The van der Waals surface area contributed by atoms with Gasteiger partial charge < -0.3 is 9.64 Å². The zero-order valence-corrected chi connectivity index (χ0v) is 13.1. The van der Waals surface area contributed by atoms with Gasteiger partial charge in [0.15, 0.2) is 0 Å². The minimum absolute atomic E-state index is 0.101. The molecular formula is C15H14ClFN2O4.